The lowest BCUT2D eigenvalue weighted by molar-refractivity contribution is -0.128. The molecule has 25 heavy (non-hydrogen) atoms. The second-order valence-corrected chi connectivity index (χ2v) is 5.99. The summed E-state index contributed by atoms with van der Waals surface area (Å²) in [5.74, 6) is -0.639. The van der Waals surface area contributed by atoms with E-state index in [0.29, 0.717) is 13.1 Å². The minimum absolute atomic E-state index is 0.0792. The average Bonchev–Trinajstić information content (AvgIpc) is 2.98. The highest BCUT2D eigenvalue weighted by Gasteiger charge is 2.34. The Kier molecular flexibility index (Phi) is 4.97. The molecule has 1 fully saturated rings. The first kappa shape index (κ1) is 17.0. The third-order valence-corrected chi connectivity index (χ3v) is 4.25. The van der Waals surface area contributed by atoms with Crippen LogP contribution < -0.4 is 10.1 Å². The quantitative estimate of drug-likeness (QED) is 0.909. The first-order valence-corrected chi connectivity index (χ1v) is 8.03. The maximum Gasteiger partial charge on any atom is 0.229 e. The first-order valence-electron chi connectivity index (χ1n) is 8.03. The van der Waals surface area contributed by atoms with E-state index in [1.807, 2.05) is 24.3 Å². The SMILES string of the molecule is COc1ccc(CN2CC(C(=O)Nc3ccccc3F)CC2=O)cc1. The number of benzene rings is 2. The van der Waals surface area contributed by atoms with Gasteiger partial charge in [-0.3, -0.25) is 9.59 Å². The van der Waals surface area contributed by atoms with Crippen molar-refractivity contribution in [2.45, 2.75) is 13.0 Å². The summed E-state index contributed by atoms with van der Waals surface area (Å²) in [6, 6.07) is 13.4. The van der Waals surface area contributed by atoms with Crippen molar-refractivity contribution in [3.8, 4) is 5.75 Å². The Labute approximate surface area is 145 Å². The number of likely N-dealkylation sites (tertiary alicyclic amines) is 1. The molecule has 0 bridgehead atoms. The molecular formula is C19H19FN2O3. The van der Waals surface area contributed by atoms with Crippen LogP contribution in [0.3, 0.4) is 0 Å². The molecule has 0 aliphatic carbocycles. The van der Waals surface area contributed by atoms with Crippen molar-refractivity contribution in [3.63, 3.8) is 0 Å². The van der Waals surface area contributed by atoms with Crippen molar-refractivity contribution >= 4 is 17.5 Å². The van der Waals surface area contributed by atoms with Crippen LogP contribution >= 0.6 is 0 Å². The molecule has 6 heteroatoms. The Balaban J connectivity index is 1.61. The zero-order chi connectivity index (χ0) is 17.8. The zero-order valence-corrected chi connectivity index (χ0v) is 13.9. The van der Waals surface area contributed by atoms with Gasteiger partial charge in [-0.25, -0.2) is 4.39 Å². The maximum atomic E-state index is 13.6. The van der Waals surface area contributed by atoms with E-state index in [9.17, 15) is 14.0 Å². The molecule has 2 aromatic carbocycles. The van der Waals surface area contributed by atoms with Crippen molar-refractivity contribution in [1.29, 1.82) is 0 Å². The predicted octanol–water partition coefficient (Wildman–Crippen LogP) is 2.82. The van der Waals surface area contributed by atoms with Crippen LogP contribution in [0.4, 0.5) is 10.1 Å². The molecule has 1 atom stereocenters. The molecule has 0 aromatic heterocycles. The minimum atomic E-state index is -0.490. The minimum Gasteiger partial charge on any atom is -0.497 e. The lowest BCUT2D eigenvalue weighted by Gasteiger charge is -2.17. The van der Waals surface area contributed by atoms with Crippen LogP contribution in [0.1, 0.15) is 12.0 Å². The number of hydrogen-bond donors (Lipinski definition) is 1. The molecule has 2 amide bonds. The third kappa shape index (κ3) is 3.96. The van der Waals surface area contributed by atoms with Gasteiger partial charge in [0.15, 0.2) is 0 Å². The molecule has 5 nitrogen and oxygen atoms in total. The fourth-order valence-electron chi connectivity index (χ4n) is 2.85. The van der Waals surface area contributed by atoms with Gasteiger partial charge in [-0.15, -0.1) is 0 Å². The Bertz CT molecular complexity index is 776. The van der Waals surface area contributed by atoms with Crippen molar-refractivity contribution in [1.82, 2.24) is 4.90 Å². The normalized spacial score (nSPS) is 16.8. The van der Waals surface area contributed by atoms with Crippen LogP contribution in [0.15, 0.2) is 48.5 Å². The van der Waals surface area contributed by atoms with Gasteiger partial charge in [-0.05, 0) is 29.8 Å². The standard InChI is InChI=1S/C19H19FN2O3/c1-25-15-8-6-13(7-9-15)11-22-12-14(10-18(22)23)19(24)21-17-5-3-2-4-16(17)20/h2-9,14H,10-12H2,1H3,(H,21,24). The van der Waals surface area contributed by atoms with E-state index in [2.05, 4.69) is 5.32 Å². The van der Waals surface area contributed by atoms with Gasteiger partial charge in [0.2, 0.25) is 11.8 Å². The van der Waals surface area contributed by atoms with Gasteiger partial charge in [-0.2, -0.15) is 0 Å². The summed E-state index contributed by atoms with van der Waals surface area (Å²) in [6.07, 6.45) is 0.135. The molecule has 1 heterocycles. The first-order chi connectivity index (χ1) is 12.1. The van der Waals surface area contributed by atoms with E-state index in [-0.39, 0.29) is 23.9 Å². The summed E-state index contributed by atoms with van der Waals surface area (Å²) in [4.78, 5) is 26.2. The number of halogens is 1. The molecule has 1 N–H and O–H groups in total. The number of nitrogens with zero attached hydrogens (tertiary/aromatic N) is 1. The van der Waals surface area contributed by atoms with Gasteiger partial charge in [0.05, 0.1) is 18.7 Å². The fraction of sp³-hybridized carbons (Fsp3) is 0.263. The smallest absolute Gasteiger partial charge is 0.229 e. The van der Waals surface area contributed by atoms with Crippen molar-refractivity contribution in [2.24, 2.45) is 5.92 Å². The Hall–Kier alpha value is -2.89. The molecule has 0 saturated carbocycles. The summed E-state index contributed by atoms with van der Waals surface area (Å²) in [6.45, 7) is 0.761. The van der Waals surface area contributed by atoms with Gasteiger partial charge in [0.25, 0.3) is 0 Å². The number of ether oxygens (including phenoxy) is 1. The zero-order valence-electron chi connectivity index (χ0n) is 13.9. The van der Waals surface area contributed by atoms with Crippen molar-refractivity contribution in [3.05, 3.63) is 59.9 Å². The van der Waals surface area contributed by atoms with E-state index in [4.69, 9.17) is 4.74 Å². The van der Waals surface area contributed by atoms with E-state index >= 15 is 0 Å². The van der Waals surface area contributed by atoms with E-state index in [1.165, 1.54) is 12.1 Å². The van der Waals surface area contributed by atoms with Gasteiger partial charge >= 0.3 is 0 Å². The predicted molar refractivity (Wildman–Crippen MR) is 91.5 cm³/mol. The highest BCUT2D eigenvalue weighted by molar-refractivity contribution is 5.97. The summed E-state index contributed by atoms with van der Waals surface area (Å²) in [7, 11) is 1.60. The Morgan fingerprint density at radius 3 is 2.64 bits per heavy atom. The van der Waals surface area contributed by atoms with E-state index in [0.717, 1.165) is 11.3 Å². The third-order valence-electron chi connectivity index (χ3n) is 4.25. The molecule has 1 aliphatic rings. The Morgan fingerprint density at radius 2 is 1.96 bits per heavy atom. The number of carbonyl (C=O) groups is 2. The molecule has 1 unspecified atom stereocenters. The molecule has 1 aliphatic heterocycles. The molecule has 3 rings (SSSR count). The lowest BCUT2D eigenvalue weighted by atomic mass is 10.1. The van der Waals surface area contributed by atoms with Gasteiger partial charge in [0.1, 0.15) is 11.6 Å². The van der Waals surface area contributed by atoms with Crippen LogP contribution in [-0.2, 0) is 16.1 Å². The fourth-order valence-corrected chi connectivity index (χ4v) is 2.85. The van der Waals surface area contributed by atoms with Gasteiger partial charge in [-0.1, -0.05) is 24.3 Å². The van der Waals surface area contributed by atoms with E-state index in [1.54, 1.807) is 24.1 Å². The van der Waals surface area contributed by atoms with Crippen LogP contribution in [0.25, 0.3) is 0 Å². The molecule has 2 aromatic rings. The summed E-state index contributed by atoms with van der Waals surface area (Å²) in [5, 5.41) is 2.56. The number of nitrogens with one attached hydrogen (secondary N) is 1. The second kappa shape index (κ2) is 7.34. The van der Waals surface area contributed by atoms with E-state index < -0.39 is 11.7 Å². The van der Waals surface area contributed by atoms with Crippen LogP contribution in [0.5, 0.6) is 5.75 Å². The number of para-hydroxylation sites is 1. The molecular weight excluding hydrogens is 323 g/mol. The summed E-state index contributed by atoms with van der Waals surface area (Å²) >= 11 is 0. The number of rotatable bonds is 5. The van der Waals surface area contributed by atoms with Crippen LogP contribution in [0.2, 0.25) is 0 Å². The molecule has 0 spiro atoms. The number of anilines is 1. The summed E-state index contributed by atoms with van der Waals surface area (Å²) in [5.41, 5.74) is 1.10. The van der Waals surface area contributed by atoms with Gasteiger partial charge in [0, 0.05) is 19.5 Å². The van der Waals surface area contributed by atoms with Crippen LogP contribution in [0, 0.1) is 11.7 Å². The molecule has 1 saturated heterocycles. The lowest BCUT2D eigenvalue weighted by Crippen LogP contribution is -2.28. The Morgan fingerprint density at radius 1 is 1.24 bits per heavy atom. The van der Waals surface area contributed by atoms with Crippen LogP contribution in [-0.4, -0.2) is 30.4 Å². The largest absolute Gasteiger partial charge is 0.497 e. The number of methoxy groups -OCH3 is 1. The van der Waals surface area contributed by atoms with Crippen molar-refractivity contribution in [2.75, 3.05) is 19.0 Å². The number of amides is 2. The number of carbonyl (C=O) groups excluding carboxylic acids is 2. The topological polar surface area (TPSA) is 58.6 Å². The average molecular weight is 342 g/mol. The highest BCUT2D eigenvalue weighted by atomic mass is 19.1. The molecule has 0 radical (unpaired) electrons. The number of hydrogen-bond acceptors (Lipinski definition) is 3. The molecule has 130 valence electrons. The maximum absolute atomic E-state index is 13.6. The second-order valence-electron chi connectivity index (χ2n) is 5.99. The van der Waals surface area contributed by atoms with Gasteiger partial charge < -0.3 is 15.0 Å². The summed E-state index contributed by atoms with van der Waals surface area (Å²) < 4.78 is 18.7. The highest BCUT2D eigenvalue weighted by Crippen LogP contribution is 2.23. The van der Waals surface area contributed by atoms with Crippen molar-refractivity contribution < 1.29 is 18.7 Å². The monoisotopic (exact) mass is 342 g/mol.